The molecule has 1 saturated heterocycles. The molecule has 0 saturated carbocycles. The van der Waals surface area contributed by atoms with Crippen LogP contribution in [0.15, 0.2) is 54.6 Å². The number of β-lactam (4-membered cyclic amide) rings is 1. The van der Waals surface area contributed by atoms with Crippen LogP contribution in [-0.2, 0) is 4.79 Å². The first kappa shape index (κ1) is 12.7. The minimum absolute atomic E-state index is 0.0444. The average molecular weight is 268 g/mol. The van der Waals surface area contributed by atoms with Crippen LogP contribution in [0.1, 0.15) is 11.6 Å². The lowest BCUT2D eigenvalue weighted by atomic mass is 9.88. The number of methoxy groups -OCH3 is 1. The van der Waals surface area contributed by atoms with Gasteiger partial charge in [0.25, 0.3) is 0 Å². The molecule has 0 aromatic heterocycles. The molecule has 4 nitrogen and oxygen atoms in total. The Hall–Kier alpha value is -2.33. The van der Waals surface area contributed by atoms with E-state index in [-0.39, 0.29) is 11.9 Å². The van der Waals surface area contributed by atoms with E-state index in [1.807, 2.05) is 54.6 Å². The first-order valence-corrected chi connectivity index (χ1v) is 6.50. The maximum absolute atomic E-state index is 12.0. The fourth-order valence-electron chi connectivity index (χ4n) is 2.55. The Bertz CT molecular complexity index is 610. The van der Waals surface area contributed by atoms with Crippen LogP contribution in [0.4, 0.5) is 5.69 Å². The molecule has 1 amide bonds. The quantitative estimate of drug-likeness (QED) is 0.867. The number of anilines is 1. The number of rotatable bonds is 3. The van der Waals surface area contributed by atoms with Crippen molar-refractivity contribution in [2.45, 2.75) is 12.1 Å². The third-order valence-corrected chi connectivity index (χ3v) is 3.63. The Morgan fingerprint density at radius 3 is 2.30 bits per heavy atom. The van der Waals surface area contributed by atoms with Crippen LogP contribution in [-0.4, -0.2) is 19.1 Å². The topological polar surface area (TPSA) is 55.6 Å². The number of nitrogens with two attached hydrogens (primary N) is 1. The van der Waals surface area contributed by atoms with Gasteiger partial charge < -0.3 is 15.4 Å². The van der Waals surface area contributed by atoms with Gasteiger partial charge in [0.05, 0.1) is 13.2 Å². The molecule has 3 rings (SSSR count). The van der Waals surface area contributed by atoms with E-state index in [0.717, 1.165) is 17.0 Å². The number of amides is 1. The molecular formula is C16H16N2O2. The summed E-state index contributed by atoms with van der Waals surface area (Å²) >= 11 is 0. The molecule has 2 aromatic carbocycles. The maximum atomic E-state index is 12.0. The second-order valence-corrected chi connectivity index (χ2v) is 4.79. The zero-order valence-electron chi connectivity index (χ0n) is 11.2. The van der Waals surface area contributed by atoms with E-state index in [2.05, 4.69) is 0 Å². The van der Waals surface area contributed by atoms with Gasteiger partial charge in [0.1, 0.15) is 11.8 Å². The maximum Gasteiger partial charge on any atom is 0.247 e. The summed E-state index contributed by atoms with van der Waals surface area (Å²) < 4.78 is 5.15. The number of nitrogens with zero attached hydrogens (tertiary/aromatic N) is 1. The van der Waals surface area contributed by atoms with Gasteiger partial charge in [0.15, 0.2) is 0 Å². The SMILES string of the molecule is COc1ccc([C@H]2[C@@H](N)C(=O)N2c2ccccc2)cc1. The zero-order valence-corrected chi connectivity index (χ0v) is 11.2. The summed E-state index contributed by atoms with van der Waals surface area (Å²) in [4.78, 5) is 13.8. The minimum Gasteiger partial charge on any atom is -0.497 e. The van der Waals surface area contributed by atoms with Crippen molar-refractivity contribution in [1.29, 1.82) is 0 Å². The molecule has 2 atom stereocenters. The predicted molar refractivity (Wildman–Crippen MR) is 77.6 cm³/mol. The summed E-state index contributed by atoms with van der Waals surface area (Å²) in [6.07, 6.45) is 0. The first-order valence-electron chi connectivity index (χ1n) is 6.50. The van der Waals surface area contributed by atoms with Gasteiger partial charge in [-0.1, -0.05) is 30.3 Å². The van der Waals surface area contributed by atoms with E-state index in [9.17, 15) is 4.79 Å². The second kappa shape index (κ2) is 4.98. The first-order chi connectivity index (χ1) is 9.72. The number of carbonyl (C=O) groups excluding carboxylic acids is 1. The van der Waals surface area contributed by atoms with Gasteiger partial charge in [-0.15, -0.1) is 0 Å². The monoisotopic (exact) mass is 268 g/mol. The predicted octanol–water partition coefficient (Wildman–Crippen LogP) is 2.11. The van der Waals surface area contributed by atoms with Gasteiger partial charge in [-0.25, -0.2) is 0 Å². The van der Waals surface area contributed by atoms with E-state index >= 15 is 0 Å². The van der Waals surface area contributed by atoms with Gasteiger partial charge >= 0.3 is 0 Å². The molecule has 4 heteroatoms. The summed E-state index contributed by atoms with van der Waals surface area (Å²) in [7, 11) is 1.63. The van der Waals surface area contributed by atoms with Gasteiger partial charge in [0.2, 0.25) is 5.91 Å². The number of benzene rings is 2. The van der Waals surface area contributed by atoms with Crippen molar-refractivity contribution in [2.24, 2.45) is 5.73 Å². The summed E-state index contributed by atoms with van der Waals surface area (Å²) in [5.74, 6) is 0.747. The highest BCUT2D eigenvalue weighted by Crippen LogP contribution is 2.38. The van der Waals surface area contributed by atoms with Crippen LogP contribution in [0.3, 0.4) is 0 Å². The van der Waals surface area contributed by atoms with E-state index in [0.29, 0.717) is 0 Å². The van der Waals surface area contributed by atoms with E-state index < -0.39 is 6.04 Å². The van der Waals surface area contributed by atoms with Crippen molar-refractivity contribution in [2.75, 3.05) is 12.0 Å². The summed E-state index contributed by atoms with van der Waals surface area (Å²) in [6.45, 7) is 0. The standard InChI is InChI=1S/C16H16N2O2/c1-20-13-9-7-11(8-10-13)15-14(17)16(19)18(15)12-5-3-2-4-6-12/h2-10,14-15H,17H2,1H3/t14-,15+/m1/s1. The molecule has 1 aliphatic heterocycles. The molecule has 0 spiro atoms. The van der Waals surface area contributed by atoms with E-state index in [1.54, 1.807) is 12.0 Å². The van der Waals surface area contributed by atoms with Crippen LogP contribution < -0.4 is 15.4 Å². The molecule has 1 fully saturated rings. The molecular weight excluding hydrogens is 252 g/mol. The van der Waals surface area contributed by atoms with Gasteiger partial charge in [-0.05, 0) is 29.8 Å². The molecule has 20 heavy (non-hydrogen) atoms. The van der Waals surface area contributed by atoms with Crippen LogP contribution in [0.25, 0.3) is 0 Å². The van der Waals surface area contributed by atoms with E-state index in [4.69, 9.17) is 10.5 Å². The molecule has 0 bridgehead atoms. The van der Waals surface area contributed by atoms with Gasteiger partial charge in [0, 0.05) is 5.69 Å². The molecule has 1 aliphatic rings. The highest BCUT2D eigenvalue weighted by Gasteiger charge is 2.46. The largest absolute Gasteiger partial charge is 0.497 e. The Balaban J connectivity index is 1.92. The van der Waals surface area contributed by atoms with E-state index in [1.165, 1.54) is 0 Å². The summed E-state index contributed by atoms with van der Waals surface area (Å²) in [6, 6.07) is 16.7. The number of hydrogen-bond acceptors (Lipinski definition) is 3. The average Bonchev–Trinajstić information content (AvgIpc) is 2.52. The second-order valence-electron chi connectivity index (χ2n) is 4.79. The highest BCUT2D eigenvalue weighted by molar-refractivity contribution is 6.05. The lowest BCUT2D eigenvalue weighted by molar-refractivity contribution is -0.126. The fourth-order valence-corrected chi connectivity index (χ4v) is 2.55. The highest BCUT2D eigenvalue weighted by atomic mass is 16.5. The Kier molecular flexibility index (Phi) is 3.16. The normalized spacial score (nSPS) is 21.5. The number of hydrogen-bond donors (Lipinski definition) is 1. The summed E-state index contributed by atoms with van der Waals surface area (Å²) in [5, 5.41) is 0. The molecule has 102 valence electrons. The Morgan fingerprint density at radius 1 is 1.05 bits per heavy atom. The number of carbonyl (C=O) groups is 1. The molecule has 1 heterocycles. The lowest BCUT2D eigenvalue weighted by Gasteiger charge is -2.45. The van der Waals surface area contributed by atoms with Gasteiger partial charge in [-0.2, -0.15) is 0 Å². The fraction of sp³-hybridized carbons (Fsp3) is 0.188. The van der Waals surface area contributed by atoms with Crippen molar-refractivity contribution in [3.05, 3.63) is 60.2 Å². The molecule has 0 unspecified atom stereocenters. The van der Waals surface area contributed by atoms with Crippen molar-refractivity contribution in [3.63, 3.8) is 0 Å². The minimum atomic E-state index is -0.483. The number of para-hydroxylation sites is 1. The van der Waals surface area contributed by atoms with Crippen molar-refractivity contribution in [3.8, 4) is 5.75 Å². The molecule has 0 aliphatic carbocycles. The lowest BCUT2D eigenvalue weighted by Crippen LogP contribution is -2.63. The van der Waals surface area contributed by atoms with Crippen LogP contribution in [0, 0.1) is 0 Å². The smallest absolute Gasteiger partial charge is 0.247 e. The third kappa shape index (κ3) is 1.94. The van der Waals surface area contributed by atoms with Crippen molar-refractivity contribution in [1.82, 2.24) is 0 Å². The zero-order chi connectivity index (χ0) is 14.1. The van der Waals surface area contributed by atoms with Crippen molar-refractivity contribution >= 4 is 11.6 Å². The third-order valence-electron chi connectivity index (χ3n) is 3.63. The van der Waals surface area contributed by atoms with Gasteiger partial charge in [-0.3, -0.25) is 4.79 Å². The van der Waals surface area contributed by atoms with Crippen LogP contribution in [0.5, 0.6) is 5.75 Å². The van der Waals surface area contributed by atoms with Crippen LogP contribution >= 0.6 is 0 Å². The number of ether oxygens (including phenoxy) is 1. The molecule has 2 N–H and O–H groups in total. The molecule has 0 radical (unpaired) electrons. The molecule has 2 aromatic rings. The Labute approximate surface area is 117 Å². The Morgan fingerprint density at radius 2 is 1.70 bits per heavy atom. The van der Waals surface area contributed by atoms with Crippen molar-refractivity contribution < 1.29 is 9.53 Å². The van der Waals surface area contributed by atoms with Crippen LogP contribution in [0.2, 0.25) is 0 Å². The summed E-state index contributed by atoms with van der Waals surface area (Å²) in [5.41, 5.74) is 7.86.